The van der Waals surface area contributed by atoms with Crippen molar-refractivity contribution in [3.8, 4) is 0 Å². The molecule has 0 bridgehead atoms. The molecule has 0 spiro atoms. The van der Waals surface area contributed by atoms with Gasteiger partial charge in [0.1, 0.15) is 0 Å². The SMILES string of the molecule is Cc1cnc(NCC(C)(C)N2CCN(C)CC2)nc1. The molecule has 1 N–H and O–H groups in total. The molecule has 1 aromatic heterocycles. The number of hydrogen-bond acceptors (Lipinski definition) is 5. The van der Waals surface area contributed by atoms with Crippen molar-refractivity contribution in [2.45, 2.75) is 26.3 Å². The van der Waals surface area contributed by atoms with Gasteiger partial charge in [0.15, 0.2) is 0 Å². The zero-order chi connectivity index (χ0) is 13.9. The zero-order valence-electron chi connectivity index (χ0n) is 12.5. The number of hydrogen-bond donors (Lipinski definition) is 1. The van der Waals surface area contributed by atoms with Crippen molar-refractivity contribution in [2.24, 2.45) is 0 Å². The molecule has 0 aliphatic carbocycles. The third-order valence-corrected chi connectivity index (χ3v) is 3.82. The topological polar surface area (TPSA) is 44.3 Å². The first-order chi connectivity index (χ1) is 8.97. The average molecular weight is 263 g/mol. The van der Waals surface area contributed by atoms with Crippen LogP contribution in [0.2, 0.25) is 0 Å². The first-order valence-electron chi connectivity index (χ1n) is 6.93. The third-order valence-electron chi connectivity index (χ3n) is 3.82. The molecule has 1 saturated heterocycles. The van der Waals surface area contributed by atoms with Crippen LogP contribution in [0.4, 0.5) is 5.95 Å². The molecule has 0 atom stereocenters. The maximum Gasteiger partial charge on any atom is 0.222 e. The van der Waals surface area contributed by atoms with Crippen LogP contribution in [0.5, 0.6) is 0 Å². The predicted octanol–water partition coefficient (Wildman–Crippen LogP) is 1.22. The molecule has 1 aliphatic rings. The van der Waals surface area contributed by atoms with Crippen molar-refractivity contribution in [3.05, 3.63) is 18.0 Å². The molecule has 106 valence electrons. The van der Waals surface area contributed by atoms with E-state index < -0.39 is 0 Å². The Morgan fingerprint density at radius 1 is 1.16 bits per heavy atom. The Balaban J connectivity index is 1.88. The van der Waals surface area contributed by atoms with Crippen LogP contribution in [-0.4, -0.2) is 65.1 Å². The highest BCUT2D eigenvalue weighted by atomic mass is 15.3. The summed E-state index contributed by atoms with van der Waals surface area (Å²) in [7, 11) is 2.18. The van der Waals surface area contributed by atoms with E-state index in [1.165, 1.54) is 0 Å². The fraction of sp³-hybridized carbons (Fsp3) is 0.714. The maximum absolute atomic E-state index is 4.29. The van der Waals surface area contributed by atoms with Crippen LogP contribution in [0.1, 0.15) is 19.4 Å². The van der Waals surface area contributed by atoms with Gasteiger partial charge in [0.05, 0.1) is 0 Å². The summed E-state index contributed by atoms with van der Waals surface area (Å²) in [5.41, 5.74) is 1.21. The number of nitrogens with one attached hydrogen (secondary N) is 1. The van der Waals surface area contributed by atoms with Crippen molar-refractivity contribution < 1.29 is 0 Å². The lowest BCUT2D eigenvalue weighted by Gasteiger charge is -2.43. The van der Waals surface area contributed by atoms with Crippen LogP contribution >= 0.6 is 0 Å². The Kier molecular flexibility index (Phi) is 4.37. The quantitative estimate of drug-likeness (QED) is 0.885. The Labute approximate surface area is 116 Å². The van der Waals surface area contributed by atoms with Gasteiger partial charge in [-0.2, -0.15) is 0 Å². The standard InChI is InChI=1S/C14H25N5/c1-12-9-15-13(16-10-12)17-11-14(2,3)19-7-5-18(4)6-8-19/h9-10H,5-8,11H2,1-4H3,(H,15,16,17). The van der Waals surface area contributed by atoms with Crippen LogP contribution < -0.4 is 5.32 Å². The van der Waals surface area contributed by atoms with E-state index in [1.807, 2.05) is 19.3 Å². The minimum Gasteiger partial charge on any atom is -0.352 e. The summed E-state index contributed by atoms with van der Waals surface area (Å²) in [5, 5.41) is 3.34. The monoisotopic (exact) mass is 263 g/mol. The second-order valence-electron chi connectivity index (χ2n) is 6.04. The molecule has 1 aliphatic heterocycles. The molecule has 1 aromatic rings. The van der Waals surface area contributed by atoms with Crippen LogP contribution in [-0.2, 0) is 0 Å². The molecule has 0 saturated carbocycles. The Morgan fingerprint density at radius 3 is 2.32 bits per heavy atom. The number of rotatable bonds is 4. The van der Waals surface area contributed by atoms with E-state index in [1.54, 1.807) is 0 Å². The average Bonchev–Trinajstić information content (AvgIpc) is 2.39. The lowest BCUT2D eigenvalue weighted by molar-refractivity contribution is 0.0698. The van der Waals surface area contributed by atoms with Gasteiger partial charge in [-0.1, -0.05) is 0 Å². The number of piperazine rings is 1. The normalized spacial score (nSPS) is 18.5. The summed E-state index contributed by atoms with van der Waals surface area (Å²) < 4.78 is 0. The van der Waals surface area contributed by atoms with E-state index in [0.29, 0.717) is 5.95 Å². The number of aryl methyl sites for hydroxylation is 1. The van der Waals surface area contributed by atoms with E-state index in [0.717, 1.165) is 38.3 Å². The lowest BCUT2D eigenvalue weighted by atomic mass is 10.0. The highest BCUT2D eigenvalue weighted by molar-refractivity contribution is 5.25. The van der Waals surface area contributed by atoms with Crippen LogP contribution in [0.25, 0.3) is 0 Å². The summed E-state index contributed by atoms with van der Waals surface area (Å²) in [6.07, 6.45) is 3.69. The van der Waals surface area contributed by atoms with Gasteiger partial charge in [-0.05, 0) is 33.4 Å². The van der Waals surface area contributed by atoms with Gasteiger partial charge in [-0.15, -0.1) is 0 Å². The van der Waals surface area contributed by atoms with E-state index in [9.17, 15) is 0 Å². The van der Waals surface area contributed by atoms with Gasteiger partial charge in [0, 0.05) is 50.7 Å². The first kappa shape index (κ1) is 14.2. The van der Waals surface area contributed by atoms with Crippen molar-refractivity contribution >= 4 is 5.95 Å². The fourth-order valence-electron chi connectivity index (χ4n) is 2.30. The smallest absolute Gasteiger partial charge is 0.222 e. The number of likely N-dealkylation sites (N-methyl/N-ethyl adjacent to an activating group) is 1. The van der Waals surface area contributed by atoms with Crippen LogP contribution in [0.3, 0.4) is 0 Å². The molecule has 2 heterocycles. The molecule has 0 aromatic carbocycles. The molecular formula is C14H25N5. The molecule has 5 heteroatoms. The zero-order valence-corrected chi connectivity index (χ0v) is 12.5. The summed E-state index contributed by atoms with van der Waals surface area (Å²) in [6, 6.07) is 0. The molecule has 2 rings (SSSR count). The van der Waals surface area contributed by atoms with Crippen molar-refractivity contribution in [3.63, 3.8) is 0 Å². The van der Waals surface area contributed by atoms with Gasteiger partial charge in [0.2, 0.25) is 5.95 Å². The Hall–Kier alpha value is -1.20. The van der Waals surface area contributed by atoms with Gasteiger partial charge < -0.3 is 10.2 Å². The van der Waals surface area contributed by atoms with Gasteiger partial charge >= 0.3 is 0 Å². The van der Waals surface area contributed by atoms with Crippen LogP contribution in [0, 0.1) is 6.92 Å². The van der Waals surface area contributed by atoms with E-state index in [2.05, 4.69) is 46.0 Å². The highest BCUT2D eigenvalue weighted by Crippen LogP contribution is 2.17. The van der Waals surface area contributed by atoms with Gasteiger partial charge in [-0.3, -0.25) is 4.90 Å². The van der Waals surface area contributed by atoms with E-state index in [4.69, 9.17) is 0 Å². The summed E-state index contributed by atoms with van der Waals surface area (Å²) in [6.45, 7) is 11.9. The van der Waals surface area contributed by atoms with Crippen molar-refractivity contribution in [2.75, 3.05) is 45.1 Å². The summed E-state index contributed by atoms with van der Waals surface area (Å²) in [4.78, 5) is 13.5. The largest absolute Gasteiger partial charge is 0.352 e. The Morgan fingerprint density at radius 2 is 1.74 bits per heavy atom. The molecule has 0 radical (unpaired) electrons. The lowest BCUT2D eigenvalue weighted by Crippen LogP contribution is -2.56. The van der Waals surface area contributed by atoms with Crippen molar-refractivity contribution in [1.29, 1.82) is 0 Å². The second-order valence-corrected chi connectivity index (χ2v) is 6.04. The molecule has 1 fully saturated rings. The highest BCUT2D eigenvalue weighted by Gasteiger charge is 2.28. The maximum atomic E-state index is 4.29. The second kappa shape index (κ2) is 5.84. The molecule has 19 heavy (non-hydrogen) atoms. The minimum atomic E-state index is 0.121. The first-order valence-corrected chi connectivity index (χ1v) is 6.93. The molecule has 5 nitrogen and oxygen atoms in total. The number of aromatic nitrogens is 2. The summed E-state index contributed by atoms with van der Waals surface area (Å²) >= 11 is 0. The number of anilines is 1. The predicted molar refractivity (Wildman–Crippen MR) is 78.4 cm³/mol. The Bertz CT molecular complexity index is 393. The number of nitrogens with zero attached hydrogens (tertiary/aromatic N) is 4. The van der Waals surface area contributed by atoms with E-state index in [-0.39, 0.29) is 5.54 Å². The minimum absolute atomic E-state index is 0.121. The van der Waals surface area contributed by atoms with Gasteiger partial charge in [-0.25, -0.2) is 9.97 Å². The summed E-state index contributed by atoms with van der Waals surface area (Å²) in [5.74, 6) is 0.716. The molecule has 0 amide bonds. The third kappa shape index (κ3) is 3.88. The van der Waals surface area contributed by atoms with Crippen molar-refractivity contribution in [1.82, 2.24) is 19.8 Å². The van der Waals surface area contributed by atoms with E-state index >= 15 is 0 Å². The van der Waals surface area contributed by atoms with Gasteiger partial charge in [0.25, 0.3) is 0 Å². The molecular weight excluding hydrogens is 238 g/mol. The molecule has 0 unspecified atom stereocenters. The fourth-order valence-corrected chi connectivity index (χ4v) is 2.30. The van der Waals surface area contributed by atoms with Crippen LogP contribution in [0.15, 0.2) is 12.4 Å².